The van der Waals surface area contributed by atoms with Crippen LogP contribution in [0.25, 0.3) is 0 Å². The molecule has 1 aromatic heterocycles. The Morgan fingerprint density at radius 1 is 1.38 bits per heavy atom. The van der Waals surface area contributed by atoms with Crippen LogP contribution in [0.5, 0.6) is 0 Å². The first-order chi connectivity index (χ1) is 7.74. The molecule has 2 rings (SSSR count). The van der Waals surface area contributed by atoms with E-state index < -0.39 is 0 Å². The lowest BCUT2D eigenvalue weighted by molar-refractivity contribution is 0.410. The van der Waals surface area contributed by atoms with E-state index in [1.807, 2.05) is 25.1 Å². The van der Waals surface area contributed by atoms with Gasteiger partial charge in [-0.25, -0.2) is 0 Å². The highest BCUT2D eigenvalue weighted by atomic mass is 16.5. The summed E-state index contributed by atoms with van der Waals surface area (Å²) in [4.78, 5) is 3.94. The van der Waals surface area contributed by atoms with E-state index in [0.717, 1.165) is 29.9 Å². The summed E-state index contributed by atoms with van der Waals surface area (Å²) >= 11 is 0. The van der Waals surface area contributed by atoms with Gasteiger partial charge in [-0.3, -0.25) is 0 Å². The molecule has 0 spiro atoms. The van der Waals surface area contributed by atoms with Crippen LogP contribution in [-0.4, -0.2) is 16.7 Å². The highest BCUT2D eigenvalue weighted by molar-refractivity contribution is 5.56. The van der Waals surface area contributed by atoms with Gasteiger partial charge in [0.2, 0.25) is 6.39 Å². The molecule has 3 N–H and O–H groups in total. The summed E-state index contributed by atoms with van der Waals surface area (Å²) in [5.74, 6) is 0.702. The SMILES string of the molecule is Cc1cc(N)cc(NCCc2ncon2)c1. The number of hydrogen-bond donors (Lipinski definition) is 2. The number of nitrogens with one attached hydrogen (secondary N) is 1. The minimum absolute atomic E-state index is 0.702. The van der Waals surface area contributed by atoms with Crippen LogP contribution < -0.4 is 11.1 Å². The molecule has 0 radical (unpaired) electrons. The Labute approximate surface area is 93.7 Å². The first-order valence-electron chi connectivity index (χ1n) is 5.10. The van der Waals surface area contributed by atoms with E-state index in [9.17, 15) is 0 Å². The van der Waals surface area contributed by atoms with Crippen LogP contribution in [-0.2, 0) is 6.42 Å². The van der Waals surface area contributed by atoms with Crippen LogP contribution >= 0.6 is 0 Å². The zero-order chi connectivity index (χ0) is 11.4. The van der Waals surface area contributed by atoms with Gasteiger partial charge in [0.05, 0.1) is 0 Å². The van der Waals surface area contributed by atoms with Crippen molar-refractivity contribution in [2.75, 3.05) is 17.6 Å². The van der Waals surface area contributed by atoms with Crippen LogP contribution in [0, 0.1) is 6.92 Å². The lowest BCUT2D eigenvalue weighted by Gasteiger charge is -2.07. The van der Waals surface area contributed by atoms with Crippen molar-refractivity contribution in [2.45, 2.75) is 13.3 Å². The van der Waals surface area contributed by atoms with Crippen molar-refractivity contribution in [1.82, 2.24) is 10.1 Å². The molecule has 0 fully saturated rings. The molecule has 5 nitrogen and oxygen atoms in total. The van der Waals surface area contributed by atoms with Gasteiger partial charge in [0.15, 0.2) is 5.82 Å². The lowest BCUT2D eigenvalue weighted by Crippen LogP contribution is -2.06. The van der Waals surface area contributed by atoms with Crippen molar-refractivity contribution in [3.05, 3.63) is 36.0 Å². The second kappa shape index (κ2) is 4.65. The molecule has 1 aromatic carbocycles. The Kier molecular flexibility index (Phi) is 3.05. The molecule has 0 unspecified atom stereocenters. The molecule has 0 amide bonds. The highest BCUT2D eigenvalue weighted by Crippen LogP contribution is 2.15. The smallest absolute Gasteiger partial charge is 0.213 e. The molecular formula is C11H14N4O. The van der Waals surface area contributed by atoms with Crippen LogP contribution in [0.1, 0.15) is 11.4 Å². The van der Waals surface area contributed by atoms with Gasteiger partial charge in [0.25, 0.3) is 0 Å². The average molecular weight is 218 g/mol. The minimum Gasteiger partial charge on any atom is -0.399 e. The van der Waals surface area contributed by atoms with E-state index in [1.165, 1.54) is 6.39 Å². The molecule has 16 heavy (non-hydrogen) atoms. The standard InChI is InChI=1S/C11H14N4O/c1-8-4-9(12)6-10(5-8)13-3-2-11-14-7-16-15-11/h4-7,13H,2-3,12H2,1H3. The van der Waals surface area contributed by atoms with Crippen LogP contribution in [0.15, 0.2) is 29.1 Å². The minimum atomic E-state index is 0.702. The molecule has 0 aliphatic carbocycles. The molecule has 0 atom stereocenters. The monoisotopic (exact) mass is 218 g/mol. The fraction of sp³-hybridized carbons (Fsp3) is 0.273. The summed E-state index contributed by atoms with van der Waals surface area (Å²) in [7, 11) is 0. The molecule has 2 aromatic rings. The van der Waals surface area contributed by atoms with Crippen molar-refractivity contribution >= 4 is 11.4 Å². The Bertz CT molecular complexity index is 433. The maximum atomic E-state index is 5.75. The van der Waals surface area contributed by atoms with Gasteiger partial charge in [-0.15, -0.1) is 0 Å². The molecule has 84 valence electrons. The van der Waals surface area contributed by atoms with Crippen LogP contribution in [0.3, 0.4) is 0 Å². The van der Waals surface area contributed by atoms with Gasteiger partial charge in [-0.1, -0.05) is 5.16 Å². The van der Waals surface area contributed by atoms with E-state index >= 15 is 0 Å². The van der Waals surface area contributed by atoms with E-state index in [-0.39, 0.29) is 0 Å². The third-order valence-corrected chi connectivity index (χ3v) is 2.18. The molecule has 0 saturated carbocycles. The molecule has 0 bridgehead atoms. The quantitative estimate of drug-likeness (QED) is 0.762. The number of nitrogens with zero attached hydrogens (tertiary/aromatic N) is 2. The van der Waals surface area contributed by atoms with Crippen molar-refractivity contribution in [2.24, 2.45) is 0 Å². The van der Waals surface area contributed by atoms with Gasteiger partial charge < -0.3 is 15.6 Å². The number of nitrogen functional groups attached to an aromatic ring is 1. The summed E-state index contributed by atoms with van der Waals surface area (Å²) in [6.45, 7) is 2.77. The number of anilines is 2. The van der Waals surface area contributed by atoms with E-state index in [1.54, 1.807) is 0 Å². The van der Waals surface area contributed by atoms with E-state index in [0.29, 0.717) is 5.82 Å². The van der Waals surface area contributed by atoms with E-state index in [2.05, 4.69) is 20.0 Å². The first-order valence-corrected chi connectivity index (χ1v) is 5.10. The number of rotatable bonds is 4. The van der Waals surface area contributed by atoms with Gasteiger partial charge in [0.1, 0.15) is 0 Å². The van der Waals surface area contributed by atoms with Gasteiger partial charge in [0, 0.05) is 24.3 Å². The van der Waals surface area contributed by atoms with Crippen LogP contribution in [0.4, 0.5) is 11.4 Å². The molecule has 5 heteroatoms. The molecule has 0 saturated heterocycles. The maximum Gasteiger partial charge on any atom is 0.213 e. The lowest BCUT2D eigenvalue weighted by atomic mass is 10.2. The highest BCUT2D eigenvalue weighted by Gasteiger charge is 1.99. The third kappa shape index (κ3) is 2.73. The average Bonchev–Trinajstić information content (AvgIpc) is 2.69. The number of aryl methyl sites for hydroxylation is 1. The van der Waals surface area contributed by atoms with Gasteiger partial charge >= 0.3 is 0 Å². The summed E-state index contributed by atoms with van der Waals surface area (Å²) in [6, 6.07) is 5.89. The zero-order valence-electron chi connectivity index (χ0n) is 9.10. The molecule has 0 aliphatic heterocycles. The largest absolute Gasteiger partial charge is 0.399 e. The first kappa shape index (κ1) is 10.5. The second-order valence-corrected chi connectivity index (χ2v) is 3.66. The predicted molar refractivity (Wildman–Crippen MR) is 62.1 cm³/mol. The van der Waals surface area contributed by atoms with E-state index in [4.69, 9.17) is 5.73 Å². The molecule has 1 heterocycles. The summed E-state index contributed by atoms with van der Waals surface area (Å²) < 4.78 is 4.65. The summed E-state index contributed by atoms with van der Waals surface area (Å²) in [5, 5.41) is 6.99. The Morgan fingerprint density at radius 3 is 2.94 bits per heavy atom. The van der Waals surface area contributed by atoms with Crippen LogP contribution in [0.2, 0.25) is 0 Å². The Morgan fingerprint density at radius 2 is 2.25 bits per heavy atom. The van der Waals surface area contributed by atoms with Crippen molar-refractivity contribution in [3.8, 4) is 0 Å². The molecular weight excluding hydrogens is 204 g/mol. The summed E-state index contributed by atoms with van der Waals surface area (Å²) in [5.41, 5.74) is 8.67. The number of nitrogens with two attached hydrogens (primary N) is 1. The summed E-state index contributed by atoms with van der Waals surface area (Å²) in [6.07, 6.45) is 2.06. The normalized spacial score (nSPS) is 10.3. The van der Waals surface area contributed by atoms with Gasteiger partial charge in [-0.2, -0.15) is 4.98 Å². The Hall–Kier alpha value is -2.04. The van der Waals surface area contributed by atoms with Crippen molar-refractivity contribution < 1.29 is 4.52 Å². The van der Waals surface area contributed by atoms with Gasteiger partial charge in [-0.05, 0) is 30.7 Å². The number of benzene rings is 1. The second-order valence-electron chi connectivity index (χ2n) is 3.66. The number of hydrogen-bond acceptors (Lipinski definition) is 5. The Balaban J connectivity index is 1.89. The topological polar surface area (TPSA) is 77.0 Å². The number of aromatic nitrogens is 2. The fourth-order valence-corrected chi connectivity index (χ4v) is 1.54. The fourth-order valence-electron chi connectivity index (χ4n) is 1.54. The third-order valence-electron chi connectivity index (χ3n) is 2.18. The van der Waals surface area contributed by atoms with Crippen molar-refractivity contribution in [1.29, 1.82) is 0 Å². The maximum absolute atomic E-state index is 5.75. The van der Waals surface area contributed by atoms with Crippen molar-refractivity contribution in [3.63, 3.8) is 0 Å². The zero-order valence-corrected chi connectivity index (χ0v) is 9.10. The predicted octanol–water partition coefficient (Wildman–Crippen LogP) is 1.61. The molecule has 0 aliphatic rings.